The van der Waals surface area contributed by atoms with Gasteiger partial charge in [0.15, 0.2) is 0 Å². The third-order valence-electron chi connectivity index (χ3n) is 3.30. The normalized spacial score (nSPS) is 13.2. The van der Waals surface area contributed by atoms with Gasteiger partial charge in [-0.25, -0.2) is 0 Å². The van der Waals surface area contributed by atoms with Crippen molar-refractivity contribution in [3.05, 3.63) is 64.7 Å². The molecule has 2 unspecified atom stereocenters. The van der Waals surface area contributed by atoms with Crippen molar-refractivity contribution in [2.75, 3.05) is 0 Å². The van der Waals surface area contributed by atoms with Gasteiger partial charge in [0.2, 0.25) is 0 Å². The molecule has 4 heteroatoms. The minimum Gasteiger partial charge on any atom is -0.484 e. The summed E-state index contributed by atoms with van der Waals surface area (Å²) in [7, 11) is 0. The van der Waals surface area contributed by atoms with Gasteiger partial charge in [0.1, 0.15) is 11.9 Å². The molecule has 108 valence electrons. The number of rotatable bonds is 5. The van der Waals surface area contributed by atoms with E-state index >= 15 is 0 Å². The summed E-state index contributed by atoms with van der Waals surface area (Å²) < 4.78 is 6.02. The molecule has 2 N–H and O–H groups in total. The van der Waals surface area contributed by atoms with Crippen LogP contribution in [-0.2, 0) is 0 Å². The van der Waals surface area contributed by atoms with Crippen molar-refractivity contribution in [1.29, 1.82) is 5.26 Å². The molecule has 0 aromatic heterocycles. The van der Waals surface area contributed by atoms with Gasteiger partial charge in [-0.1, -0.05) is 42.8 Å². The minimum absolute atomic E-state index is 0.185. The fraction of sp³-hybridized carbons (Fsp3) is 0.235. The van der Waals surface area contributed by atoms with E-state index in [1.54, 1.807) is 18.2 Å². The molecule has 0 amide bonds. The zero-order valence-corrected chi connectivity index (χ0v) is 12.5. The van der Waals surface area contributed by atoms with Crippen molar-refractivity contribution in [2.24, 2.45) is 5.73 Å². The van der Waals surface area contributed by atoms with Crippen molar-refractivity contribution in [2.45, 2.75) is 25.5 Å². The minimum atomic E-state index is -0.349. The summed E-state index contributed by atoms with van der Waals surface area (Å²) in [6, 6.07) is 16.5. The van der Waals surface area contributed by atoms with Gasteiger partial charge >= 0.3 is 0 Å². The largest absolute Gasteiger partial charge is 0.484 e. The summed E-state index contributed by atoms with van der Waals surface area (Å²) in [4.78, 5) is 0. The lowest BCUT2D eigenvalue weighted by molar-refractivity contribution is 0.171. The van der Waals surface area contributed by atoms with E-state index in [9.17, 15) is 0 Å². The Bertz CT molecular complexity index is 651. The molecule has 3 nitrogen and oxygen atoms in total. The molecule has 2 aromatic rings. The van der Waals surface area contributed by atoms with Gasteiger partial charge in [-0.05, 0) is 30.7 Å². The SMILES string of the molecule is CCC(N)C(Oc1cccc(C#N)c1)c1ccccc1Cl. The van der Waals surface area contributed by atoms with Crippen molar-refractivity contribution in [3.63, 3.8) is 0 Å². The lowest BCUT2D eigenvalue weighted by Crippen LogP contribution is -2.31. The van der Waals surface area contributed by atoms with Crippen molar-refractivity contribution in [3.8, 4) is 11.8 Å². The molecule has 0 saturated heterocycles. The Morgan fingerprint density at radius 3 is 2.67 bits per heavy atom. The summed E-state index contributed by atoms with van der Waals surface area (Å²) in [5, 5.41) is 9.59. The standard InChI is InChI=1S/C17H17ClN2O/c1-2-16(20)17(14-8-3-4-9-15(14)18)21-13-7-5-6-12(10-13)11-19/h3-10,16-17H,2,20H2,1H3. The third kappa shape index (κ3) is 3.75. The predicted octanol–water partition coefficient (Wildman–Crippen LogP) is 4.07. The molecule has 0 radical (unpaired) electrons. The van der Waals surface area contributed by atoms with Crippen LogP contribution in [0.3, 0.4) is 0 Å². The Kier molecular flexibility index (Phi) is 5.21. The van der Waals surface area contributed by atoms with Crippen molar-refractivity contribution in [1.82, 2.24) is 0 Å². The molecule has 2 aromatic carbocycles. The predicted molar refractivity (Wildman–Crippen MR) is 84.2 cm³/mol. The Morgan fingerprint density at radius 1 is 1.24 bits per heavy atom. The average Bonchev–Trinajstić information content (AvgIpc) is 2.53. The number of benzene rings is 2. The number of ether oxygens (including phenoxy) is 1. The maximum absolute atomic E-state index is 8.96. The van der Waals surface area contributed by atoms with Crippen LogP contribution in [0.25, 0.3) is 0 Å². The van der Waals surface area contributed by atoms with E-state index in [2.05, 4.69) is 6.07 Å². The number of nitrogens with two attached hydrogens (primary N) is 1. The fourth-order valence-corrected chi connectivity index (χ4v) is 2.33. The highest BCUT2D eigenvalue weighted by Crippen LogP contribution is 2.30. The maximum atomic E-state index is 8.96. The maximum Gasteiger partial charge on any atom is 0.140 e. The molecular formula is C17H17ClN2O. The van der Waals surface area contributed by atoms with Crippen LogP contribution in [0.5, 0.6) is 5.75 Å². The molecule has 0 bridgehead atoms. The van der Waals surface area contributed by atoms with Gasteiger partial charge in [0.05, 0.1) is 11.6 Å². The van der Waals surface area contributed by atoms with E-state index in [0.29, 0.717) is 16.3 Å². The van der Waals surface area contributed by atoms with Crippen LogP contribution in [0.1, 0.15) is 30.6 Å². The van der Waals surface area contributed by atoms with E-state index in [1.807, 2.05) is 37.3 Å². The van der Waals surface area contributed by atoms with Gasteiger partial charge in [-0.15, -0.1) is 0 Å². The van der Waals surface area contributed by atoms with E-state index in [0.717, 1.165) is 12.0 Å². The van der Waals surface area contributed by atoms with Gasteiger partial charge in [-0.3, -0.25) is 0 Å². The first-order valence-electron chi connectivity index (χ1n) is 6.82. The zero-order chi connectivity index (χ0) is 15.2. The second-order valence-corrected chi connectivity index (χ2v) is 5.18. The topological polar surface area (TPSA) is 59.0 Å². The molecule has 2 atom stereocenters. The van der Waals surface area contributed by atoms with E-state index < -0.39 is 0 Å². The first kappa shape index (κ1) is 15.4. The summed E-state index contributed by atoms with van der Waals surface area (Å²) in [6.07, 6.45) is 0.408. The summed E-state index contributed by atoms with van der Waals surface area (Å²) in [5.74, 6) is 0.614. The molecule has 21 heavy (non-hydrogen) atoms. The molecular weight excluding hydrogens is 284 g/mol. The third-order valence-corrected chi connectivity index (χ3v) is 3.64. The van der Waals surface area contributed by atoms with Crippen LogP contribution in [0, 0.1) is 11.3 Å². The van der Waals surface area contributed by atoms with Gasteiger partial charge < -0.3 is 10.5 Å². The second-order valence-electron chi connectivity index (χ2n) is 4.77. The number of hydrogen-bond acceptors (Lipinski definition) is 3. The molecule has 2 rings (SSSR count). The lowest BCUT2D eigenvalue weighted by atomic mass is 10.0. The second kappa shape index (κ2) is 7.12. The molecule has 0 spiro atoms. The van der Waals surface area contributed by atoms with Gasteiger partial charge in [0.25, 0.3) is 0 Å². The van der Waals surface area contributed by atoms with E-state index in [-0.39, 0.29) is 12.1 Å². The zero-order valence-electron chi connectivity index (χ0n) is 11.8. The Morgan fingerprint density at radius 2 is 2.00 bits per heavy atom. The van der Waals surface area contributed by atoms with Gasteiger partial charge in [-0.2, -0.15) is 5.26 Å². The smallest absolute Gasteiger partial charge is 0.140 e. The monoisotopic (exact) mass is 300 g/mol. The van der Waals surface area contributed by atoms with Crippen molar-refractivity contribution >= 4 is 11.6 Å². The van der Waals surface area contributed by atoms with Crippen LogP contribution in [0.15, 0.2) is 48.5 Å². The Balaban J connectivity index is 2.33. The molecule has 0 aliphatic carbocycles. The first-order valence-corrected chi connectivity index (χ1v) is 7.20. The summed E-state index contributed by atoms with van der Waals surface area (Å²) >= 11 is 6.26. The van der Waals surface area contributed by atoms with E-state index in [1.165, 1.54) is 0 Å². The van der Waals surface area contributed by atoms with Crippen LogP contribution in [0.4, 0.5) is 0 Å². The van der Waals surface area contributed by atoms with Crippen molar-refractivity contribution < 1.29 is 4.74 Å². The van der Waals surface area contributed by atoms with E-state index in [4.69, 9.17) is 27.3 Å². The average molecular weight is 301 g/mol. The number of halogens is 1. The molecule has 0 fully saturated rings. The van der Waals surface area contributed by atoms with Crippen LogP contribution in [-0.4, -0.2) is 6.04 Å². The number of nitriles is 1. The molecule has 0 aliphatic rings. The van der Waals surface area contributed by atoms with Crippen LogP contribution >= 0.6 is 11.6 Å². The summed E-state index contributed by atoms with van der Waals surface area (Å²) in [5.41, 5.74) is 7.60. The highest BCUT2D eigenvalue weighted by atomic mass is 35.5. The fourth-order valence-electron chi connectivity index (χ4n) is 2.09. The summed E-state index contributed by atoms with van der Waals surface area (Å²) in [6.45, 7) is 2.00. The lowest BCUT2D eigenvalue weighted by Gasteiger charge is -2.25. The number of hydrogen-bond donors (Lipinski definition) is 1. The Hall–Kier alpha value is -2.02. The number of nitrogens with zero attached hydrogens (tertiary/aromatic N) is 1. The quantitative estimate of drug-likeness (QED) is 0.905. The molecule has 0 heterocycles. The van der Waals surface area contributed by atoms with Crippen LogP contribution < -0.4 is 10.5 Å². The molecule has 0 saturated carbocycles. The molecule has 0 aliphatic heterocycles. The van der Waals surface area contributed by atoms with Crippen LogP contribution in [0.2, 0.25) is 5.02 Å². The van der Waals surface area contributed by atoms with Gasteiger partial charge in [0, 0.05) is 16.6 Å². The highest BCUT2D eigenvalue weighted by molar-refractivity contribution is 6.31. The Labute approximate surface area is 129 Å². The first-order chi connectivity index (χ1) is 10.2. The highest BCUT2D eigenvalue weighted by Gasteiger charge is 2.22.